The van der Waals surface area contributed by atoms with Gasteiger partial charge in [0, 0.05) is 11.6 Å². The Bertz CT molecular complexity index is 594. The molecule has 19 heavy (non-hydrogen) atoms. The van der Waals surface area contributed by atoms with Crippen LogP contribution in [0.15, 0.2) is 24.4 Å². The SMILES string of the molecule is COc1ccc(-c2cn(CC(=O)O)nn2)c(OC)c1. The van der Waals surface area contributed by atoms with E-state index in [4.69, 9.17) is 14.6 Å². The zero-order valence-electron chi connectivity index (χ0n) is 10.5. The van der Waals surface area contributed by atoms with E-state index in [1.165, 1.54) is 4.68 Å². The van der Waals surface area contributed by atoms with E-state index in [1.807, 2.05) is 0 Å². The van der Waals surface area contributed by atoms with Gasteiger partial charge in [0.1, 0.15) is 23.7 Å². The zero-order valence-corrected chi connectivity index (χ0v) is 10.5. The highest BCUT2D eigenvalue weighted by molar-refractivity contribution is 5.69. The van der Waals surface area contributed by atoms with Gasteiger partial charge in [-0.25, -0.2) is 4.68 Å². The molecule has 0 spiro atoms. The van der Waals surface area contributed by atoms with Crippen LogP contribution in [0.1, 0.15) is 0 Å². The first-order chi connectivity index (χ1) is 9.13. The van der Waals surface area contributed by atoms with Gasteiger partial charge >= 0.3 is 5.97 Å². The molecule has 0 atom stereocenters. The fourth-order valence-electron chi connectivity index (χ4n) is 1.65. The molecule has 0 fully saturated rings. The van der Waals surface area contributed by atoms with Crippen LogP contribution >= 0.6 is 0 Å². The average Bonchev–Trinajstić information content (AvgIpc) is 2.85. The highest BCUT2D eigenvalue weighted by atomic mass is 16.5. The van der Waals surface area contributed by atoms with Crippen LogP contribution in [-0.2, 0) is 11.3 Å². The number of rotatable bonds is 5. The van der Waals surface area contributed by atoms with Crippen molar-refractivity contribution in [1.82, 2.24) is 15.0 Å². The second kappa shape index (κ2) is 5.38. The summed E-state index contributed by atoms with van der Waals surface area (Å²) in [5.41, 5.74) is 1.26. The molecule has 2 rings (SSSR count). The fraction of sp³-hybridized carbons (Fsp3) is 0.250. The summed E-state index contributed by atoms with van der Waals surface area (Å²) >= 11 is 0. The Labute approximate surface area is 109 Å². The second-order valence-electron chi connectivity index (χ2n) is 3.76. The van der Waals surface area contributed by atoms with E-state index in [0.29, 0.717) is 17.2 Å². The second-order valence-corrected chi connectivity index (χ2v) is 3.76. The Morgan fingerprint density at radius 3 is 2.79 bits per heavy atom. The molecule has 0 unspecified atom stereocenters. The number of carboxylic acid groups (broad SMARTS) is 1. The lowest BCUT2D eigenvalue weighted by Crippen LogP contribution is -2.08. The highest BCUT2D eigenvalue weighted by Crippen LogP contribution is 2.31. The van der Waals surface area contributed by atoms with Crippen molar-refractivity contribution in [2.45, 2.75) is 6.54 Å². The maximum Gasteiger partial charge on any atom is 0.325 e. The van der Waals surface area contributed by atoms with E-state index in [0.717, 1.165) is 5.56 Å². The van der Waals surface area contributed by atoms with Gasteiger partial charge in [-0.05, 0) is 12.1 Å². The Hall–Kier alpha value is -2.57. The van der Waals surface area contributed by atoms with Crippen molar-refractivity contribution in [2.75, 3.05) is 14.2 Å². The number of aliphatic carboxylic acids is 1. The lowest BCUT2D eigenvalue weighted by Gasteiger charge is -2.07. The zero-order chi connectivity index (χ0) is 13.8. The molecule has 7 nitrogen and oxygen atoms in total. The molecular formula is C12H13N3O4. The molecule has 100 valence electrons. The Balaban J connectivity index is 2.35. The molecule has 0 aliphatic carbocycles. The largest absolute Gasteiger partial charge is 0.497 e. The van der Waals surface area contributed by atoms with Crippen LogP contribution in [0.4, 0.5) is 0 Å². The first kappa shape index (κ1) is 12.9. The highest BCUT2D eigenvalue weighted by Gasteiger charge is 2.12. The number of carboxylic acids is 1. The molecule has 0 aliphatic heterocycles. The van der Waals surface area contributed by atoms with Crippen molar-refractivity contribution in [3.05, 3.63) is 24.4 Å². The van der Waals surface area contributed by atoms with Gasteiger partial charge in [0.05, 0.1) is 20.4 Å². The van der Waals surface area contributed by atoms with E-state index in [9.17, 15) is 4.79 Å². The molecule has 0 bridgehead atoms. The summed E-state index contributed by atoms with van der Waals surface area (Å²) in [7, 11) is 3.11. The van der Waals surface area contributed by atoms with Crippen molar-refractivity contribution < 1.29 is 19.4 Å². The van der Waals surface area contributed by atoms with Crippen molar-refractivity contribution in [3.63, 3.8) is 0 Å². The number of nitrogens with zero attached hydrogens (tertiary/aromatic N) is 3. The van der Waals surface area contributed by atoms with Gasteiger partial charge in [-0.15, -0.1) is 5.10 Å². The number of aromatic nitrogens is 3. The lowest BCUT2D eigenvalue weighted by atomic mass is 10.1. The minimum atomic E-state index is -0.974. The molecule has 1 N–H and O–H groups in total. The normalized spacial score (nSPS) is 10.2. The van der Waals surface area contributed by atoms with Crippen LogP contribution in [0.5, 0.6) is 11.5 Å². The van der Waals surface area contributed by atoms with Crippen LogP contribution in [-0.4, -0.2) is 40.3 Å². The molecule has 0 amide bonds. The van der Waals surface area contributed by atoms with Gasteiger partial charge < -0.3 is 14.6 Å². The summed E-state index contributed by atoms with van der Waals surface area (Å²) in [6, 6.07) is 5.28. The van der Waals surface area contributed by atoms with E-state index in [2.05, 4.69) is 10.3 Å². The number of ether oxygens (including phenoxy) is 2. The molecule has 0 saturated carbocycles. The molecule has 0 aliphatic rings. The van der Waals surface area contributed by atoms with Gasteiger partial charge in [0.2, 0.25) is 0 Å². The van der Waals surface area contributed by atoms with Gasteiger partial charge in [0.25, 0.3) is 0 Å². The van der Waals surface area contributed by atoms with Crippen molar-refractivity contribution >= 4 is 5.97 Å². The third-order valence-electron chi connectivity index (χ3n) is 2.52. The molecule has 0 saturated heterocycles. The van der Waals surface area contributed by atoms with Crippen LogP contribution in [0.25, 0.3) is 11.3 Å². The number of benzene rings is 1. The molecule has 1 aromatic carbocycles. The fourth-order valence-corrected chi connectivity index (χ4v) is 1.65. The third-order valence-corrected chi connectivity index (χ3v) is 2.52. The van der Waals surface area contributed by atoms with E-state index >= 15 is 0 Å². The van der Waals surface area contributed by atoms with Crippen molar-refractivity contribution in [3.8, 4) is 22.8 Å². The van der Waals surface area contributed by atoms with Gasteiger partial charge in [-0.3, -0.25) is 4.79 Å². The molecule has 7 heteroatoms. The summed E-state index contributed by atoms with van der Waals surface area (Å²) in [5.74, 6) is 0.276. The van der Waals surface area contributed by atoms with Crippen LogP contribution in [0.3, 0.4) is 0 Å². The first-order valence-electron chi connectivity index (χ1n) is 5.48. The van der Waals surface area contributed by atoms with E-state index < -0.39 is 5.97 Å². The predicted molar refractivity (Wildman–Crippen MR) is 66.2 cm³/mol. The standard InChI is InChI=1S/C12H13N3O4/c1-18-8-3-4-9(11(5-8)19-2)10-6-15(14-13-10)7-12(16)17/h3-6H,7H2,1-2H3,(H,16,17). The number of methoxy groups -OCH3 is 2. The number of hydrogen-bond donors (Lipinski definition) is 1. The number of hydrogen-bond acceptors (Lipinski definition) is 5. The van der Waals surface area contributed by atoms with Gasteiger partial charge in [-0.2, -0.15) is 0 Å². The smallest absolute Gasteiger partial charge is 0.325 e. The maximum absolute atomic E-state index is 10.6. The monoisotopic (exact) mass is 263 g/mol. The molecule has 1 heterocycles. The van der Waals surface area contributed by atoms with Gasteiger partial charge in [0.15, 0.2) is 0 Å². The molecule has 0 radical (unpaired) electrons. The molecule has 2 aromatic rings. The van der Waals surface area contributed by atoms with E-state index in [1.54, 1.807) is 38.6 Å². The summed E-state index contributed by atoms with van der Waals surface area (Å²) in [4.78, 5) is 10.6. The summed E-state index contributed by atoms with van der Waals surface area (Å²) in [6.45, 7) is -0.231. The average molecular weight is 263 g/mol. The summed E-state index contributed by atoms with van der Waals surface area (Å²) < 4.78 is 11.6. The topological polar surface area (TPSA) is 86.5 Å². The summed E-state index contributed by atoms with van der Waals surface area (Å²) in [5, 5.41) is 16.4. The Morgan fingerprint density at radius 1 is 1.37 bits per heavy atom. The minimum absolute atomic E-state index is 0.231. The number of carbonyl (C=O) groups is 1. The minimum Gasteiger partial charge on any atom is -0.497 e. The first-order valence-corrected chi connectivity index (χ1v) is 5.48. The van der Waals surface area contributed by atoms with Crippen molar-refractivity contribution in [2.24, 2.45) is 0 Å². The van der Waals surface area contributed by atoms with Crippen LogP contribution in [0.2, 0.25) is 0 Å². The Morgan fingerprint density at radius 2 is 2.16 bits per heavy atom. The quantitative estimate of drug-likeness (QED) is 0.867. The summed E-state index contributed by atoms with van der Waals surface area (Å²) in [6.07, 6.45) is 1.55. The molecule has 1 aromatic heterocycles. The predicted octanol–water partition coefficient (Wildman–Crippen LogP) is 1.05. The van der Waals surface area contributed by atoms with Crippen LogP contribution < -0.4 is 9.47 Å². The molecular weight excluding hydrogens is 250 g/mol. The Kier molecular flexibility index (Phi) is 3.65. The van der Waals surface area contributed by atoms with E-state index in [-0.39, 0.29) is 6.54 Å². The third kappa shape index (κ3) is 2.82. The van der Waals surface area contributed by atoms with Crippen LogP contribution in [0, 0.1) is 0 Å². The van der Waals surface area contributed by atoms with Gasteiger partial charge in [-0.1, -0.05) is 5.21 Å². The maximum atomic E-state index is 10.6. The van der Waals surface area contributed by atoms with Crippen molar-refractivity contribution in [1.29, 1.82) is 0 Å². The lowest BCUT2D eigenvalue weighted by molar-refractivity contribution is -0.137.